The Morgan fingerprint density at radius 3 is 2.90 bits per heavy atom. The molecule has 1 saturated heterocycles. The fourth-order valence-corrected chi connectivity index (χ4v) is 4.82. The van der Waals surface area contributed by atoms with Crippen LogP contribution in [0.3, 0.4) is 0 Å². The van der Waals surface area contributed by atoms with Crippen LogP contribution in [-0.4, -0.2) is 46.0 Å². The van der Waals surface area contributed by atoms with Crippen LogP contribution in [-0.2, 0) is 16.4 Å². The zero-order valence-corrected chi connectivity index (χ0v) is 13.5. The van der Waals surface area contributed by atoms with Crippen molar-refractivity contribution < 1.29 is 8.42 Å². The van der Waals surface area contributed by atoms with Crippen molar-refractivity contribution in [3.8, 4) is 0 Å². The molecule has 1 aromatic rings. The first-order valence-corrected chi connectivity index (χ1v) is 9.03. The first kappa shape index (κ1) is 14.8. The fraction of sp³-hybridized carbons (Fsp3) is 0.600. The number of nitrogens with one attached hydrogen (secondary N) is 2. The number of hydrogen-bond acceptors (Lipinski definition) is 4. The molecule has 116 valence electrons. The van der Waals surface area contributed by atoms with Crippen molar-refractivity contribution in [2.24, 2.45) is 0 Å². The third-order valence-electron chi connectivity index (χ3n) is 4.39. The second-order valence-electron chi connectivity index (χ2n) is 6.13. The summed E-state index contributed by atoms with van der Waals surface area (Å²) < 4.78 is 28.3. The minimum Gasteiger partial charge on any atom is -0.385 e. The highest BCUT2D eigenvalue weighted by Gasteiger charge is 2.28. The average Bonchev–Trinajstić information content (AvgIpc) is 2.83. The van der Waals surface area contributed by atoms with Crippen LogP contribution in [0.25, 0.3) is 0 Å². The van der Waals surface area contributed by atoms with E-state index in [0.29, 0.717) is 4.90 Å². The number of likely N-dealkylation sites (tertiary alicyclic amines) is 1. The molecule has 21 heavy (non-hydrogen) atoms. The van der Waals surface area contributed by atoms with Gasteiger partial charge in [0.2, 0.25) is 10.0 Å². The van der Waals surface area contributed by atoms with Gasteiger partial charge in [-0.15, -0.1) is 0 Å². The third-order valence-corrected chi connectivity index (χ3v) is 5.99. The lowest BCUT2D eigenvalue weighted by molar-refractivity contribution is 0.407. The molecular formula is C15H23N3O2S. The summed E-state index contributed by atoms with van der Waals surface area (Å²) in [6, 6.07) is 3.67. The Balaban J connectivity index is 1.92. The summed E-state index contributed by atoms with van der Waals surface area (Å²) in [6.45, 7) is 4.66. The normalized spacial score (nSPS) is 22.9. The highest BCUT2D eigenvalue weighted by Crippen LogP contribution is 2.31. The molecule has 0 radical (unpaired) electrons. The lowest BCUT2D eigenvalue weighted by Gasteiger charge is -2.24. The molecule has 1 aromatic carbocycles. The van der Waals surface area contributed by atoms with Crippen molar-refractivity contribution in [2.75, 3.05) is 32.0 Å². The molecule has 3 rings (SSSR count). The van der Waals surface area contributed by atoms with Crippen LogP contribution >= 0.6 is 0 Å². The molecule has 0 aliphatic carbocycles. The molecule has 1 fully saturated rings. The second-order valence-corrected chi connectivity index (χ2v) is 7.82. The summed E-state index contributed by atoms with van der Waals surface area (Å²) >= 11 is 0. The molecule has 0 aromatic heterocycles. The largest absolute Gasteiger partial charge is 0.385 e. The van der Waals surface area contributed by atoms with Gasteiger partial charge in [0.1, 0.15) is 0 Å². The van der Waals surface area contributed by atoms with E-state index in [1.165, 1.54) is 0 Å². The lowest BCUT2D eigenvalue weighted by Crippen LogP contribution is -2.37. The van der Waals surface area contributed by atoms with Gasteiger partial charge in [-0.05, 0) is 57.0 Å². The summed E-state index contributed by atoms with van der Waals surface area (Å²) in [7, 11) is -1.42. The summed E-state index contributed by atoms with van der Waals surface area (Å²) in [5.41, 5.74) is 3.07. The van der Waals surface area contributed by atoms with Gasteiger partial charge in [-0.2, -0.15) is 0 Å². The average molecular weight is 309 g/mol. The number of hydrogen-bond donors (Lipinski definition) is 2. The summed E-state index contributed by atoms with van der Waals surface area (Å²) in [5, 5.41) is 3.34. The monoisotopic (exact) mass is 309 g/mol. The van der Waals surface area contributed by atoms with Crippen LogP contribution in [0, 0.1) is 6.92 Å². The van der Waals surface area contributed by atoms with Crippen molar-refractivity contribution in [2.45, 2.75) is 37.1 Å². The smallest absolute Gasteiger partial charge is 0.241 e. The number of rotatable bonds is 3. The van der Waals surface area contributed by atoms with E-state index in [1.54, 1.807) is 6.07 Å². The Morgan fingerprint density at radius 2 is 2.19 bits per heavy atom. The van der Waals surface area contributed by atoms with E-state index in [9.17, 15) is 8.42 Å². The number of sulfonamides is 1. The zero-order valence-electron chi connectivity index (χ0n) is 12.6. The summed E-state index contributed by atoms with van der Waals surface area (Å²) in [4.78, 5) is 2.60. The Bertz CT molecular complexity index is 643. The van der Waals surface area contributed by atoms with Gasteiger partial charge in [-0.25, -0.2) is 13.1 Å². The molecule has 2 aliphatic rings. The Labute approximate surface area is 126 Å². The molecule has 5 nitrogen and oxygen atoms in total. The minimum atomic E-state index is -3.44. The first-order chi connectivity index (χ1) is 9.97. The molecule has 2 aliphatic heterocycles. The topological polar surface area (TPSA) is 61.4 Å². The fourth-order valence-electron chi connectivity index (χ4n) is 3.28. The minimum absolute atomic E-state index is 0.0218. The van der Waals surface area contributed by atoms with Gasteiger partial charge in [0.25, 0.3) is 0 Å². The lowest BCUT2D eigenvalue weighted by atomic mass is 10.00. The number of fused-ring (bicyclic) bond motifs is 1. The molecule has 1 unspecified atom stereocenters. The van der Waals surface area contributed by atoms with Crippen molar-refractivity contribution in [3.05, 3.63) is 23.3 Å². The van der Waals surface area contributed by atoms with Crippen molar-refractivity contribution in [1.29, 1.82) is 0 Å². The zero-order chi connectivity index (χ0) is 15.0. The molecule has 0 spiro atoms. The van der Waals surface area contributed by atoms with E-state index in [1.807, 2.05) is 20.0 Å². The van der Waals surface area contributed by atoms with Crippen LogP contribution in [0.4, 0.5) is 5.69 Å². The van der Waals surface area contributed by atoms with Gasteiger partial charge in [0, 0.05) is 24.8 Å². The van der Waals surface area contributed by atoms with Crippen LogP contribution in [0.15, 0.2) is 17.0 Å². The van der Waals surface area contributed by atoms with Gasteiger partial charge in [-0.1, -0.05) is 6.07 Å². The van der Waals surface area contributed by atoms with Gasteiger partial charge >= 0.3 is 0 Å². The molecule has 2 heterocycles. The number of nitrogens with zero attached hydrogens (tertiary/aromatic N) is 1. The summed E-state index contributed by atoms with van der Waals surface area (Å²) in [6.07, 6.45) is 2.68. The molecule has 0 amide bonds. The Morgan fingerprint density at radius 1 is 1.38 bits per heavy atom. The predicted molar refractivity (Wildman–Crippen MR) is 84.2 cm³/mol. The third kappa shape index (κ3) is 2.93. The molecule has 6 heteroatoms. The van der Waals surface area contributed by atoms with Crippen LogP contribution in [0.2, 0.25) is 0 Å². The molecule has 0 bridgehead atoms. The maximum atomic E-state index is 12.7. The van der Waals surface area contributed by atoms with Gasteiger partial charge in [0.05, 0.1) is 4.90 Å². The van der Waals surface area contributed by atoms with Crippen molar-refractivity contribution in [1.82, 2.24) is 9.62 Å². The van der Waals surface area contributed by atoms with E-state index >= 15 is 0 Å². The quantitative estimate of drug-likeness (QED) is 0.884. The van der Waals surface area contributed by atoms with Crippen LogP contribution in [0.5, 0.6) is 0 Å². The van der Waals surface area contributed by atoms with Crippen LogP contribution in [0.1, 0.15) is 24.0 Å². The van der Waals surface area contributed by atoms with E-state index in [2.05, 4.69) is 14.9 Å². The molecular weight excluding hydrogens is 286 g/mol. The highest BCUT2D eigenvalue weighted by molar-refractivity contribution is 7.89. The maximum Gasteiger partial charge on any atom is 0.241 e. The van der Waals surface area contributed by atoms with E-state index < -0.39 is 10.0 Å². The molecule has 2 N–H and O–H groups in total. The number of benzene rings is 1. The highest BCUT2D eigenvalue weighted by atomic mass is 32.2. The molecule has 0 saturated carbocycles. The van der Waals surface area contributed by atoms with E-state index in [-0.39, 0.29) is 6.04 Å². The van der Waals surface area contributed by atoms with Crippen molar-refractivity contribution in [3.63, 3.8) is 0 Å². The van der Waals surface area contributed by atoms with Gasteiger partial charge in [0.15, 0.2) is 0 Å². The second kappa shape index (κ2) is 5.59. The standard InChI is InChI=1S/C15H23N3O2S/c1-11-5-6-14(13-4-3-8-16-15(11)13)21(19,20)17-12-7-9-18(2)10-12/h5-6,12,16-17H,3-4,7-10H2,1-2H3. The van der Waals surface area contributed by atoms with E-state index in [4.69, 9.17) is 0 Å². The number of likely N-dealkylation sites (N-methyl/N-ethyl adjacent to an activating group) is 1. The van der Waals surface area contributed by atoms with Gasteiger partial charge < -0.3 is 10.2 Å². The summed E-state index contributed by atoms with van der Waals surface area (Å²) in [5.74, 6) is 0. The van der Waals surface area contributed by atoms with Gasteiger partial charge in [-0.3, -0.25) is 0 Å². The first-order valence-electron chi connectivity index (χ1n) is 7.54. The predicted octanol–water partition coefficient (Wildman–Crippen LogP) is 1.34. The van der Waals surface area contributed by atoms with E-state index in [0.717, 1.165) is 55.7 Å². The Kier molecular flexibility index (Phi) is 3.94. The molecule has 1 atom stereocenters. The number of aryl methyl sites for hydroxylation is 1. The van der Waals surface area contributed by atoms with Crippen LogP contribution < -0.4 is 10.0 Å². The number of anilines is 1. The Hall–Kier alpha value is -1.11. The SMILES string of the molecule is Cc1ccc(S(=O)(=O)NC2CCN(C)C2)c2c1NCCC2. The maximum absolute atomic E-state index is 12.7. The van der Waals surface area contributed by atoms with Crippen molar-refractivity contribution >= 4 is 15.7 Å².